The third-order valence-electron chi connectivity index (χ3n) is 3.14. The minimum Gasteiger partial charge on any atom is -0.393 e. The second-order valence-electron chi connectivity index (χ2n) is 5.03. The maximum absolute atomic E-state index is 5.72. The number of fused-ring (bicyclic) bond motifs is 1. The molecule has 0 saturated carbocycles. The molecule has 18 heavy (non-hydrogen) atoms. The summed E-state index contributed by atoms with van der Waals surface area (Å²) < 4.78 is 2.24. The van der Waals surface area contributed by atoms with Gasteiger partial charge in [-0.3, -0.25) is 0 Å². The number of hydrogen-bond acceptors (Lipinski definition) is 2. The normalized spacial score (nSPS) is 13.1. The molecule has 1 aromatic carbocycles. The van der Waals surface area contributed by atoms with Crippen LogP contribution in [0.2, 0.25) is 0 Å². The van der Waals surface area contributed by atoms with Gasteiger partial charge in [-0.1, -0.05) is 45.1 Å². The molecule has 96 valence electrons. The maximum Gasteiger partial charge on any atom is 0.112 e. The first-order chi connectivity index (χ1) is 8.50. The van der Waals surface area contributed by atoms with Crippen LogP contribution in [0.25, 0.3) is 11.0 Å². The van der Waals surface area contributed by atoms with Gasteiger partial charge in [-0.05, 0) is 12.1 Å². The van der Waals surface area contributed by atoms with E-state index < -0.39 is 0 Å². The molecule has 1 aromatic heterocycles. The summed E-state index contributed by atoms with van der Waals surface area (Å²) in [4.78, 5) is 5.26. The minimum absolute atomic E-state index is 0.176. The fourth-order valence-electron chi connectivity index (χ4n) is 2.09. The van der Waals surface area contributed by atoms with Gasteiger partial charge in [-0.25, -0.2) is 4.98 Å². The van der Waals surface area contributed by atoms with Crippen LogP contribution in [0.15, 0.2) is 24.3 Å². The van der Waals surface area contributed by atoms with Crippen LogP contribution in [0.1, 0.15) is 32.5 Å². The molecule has 2 N–H and O–H groups in total. The van der Waals surface area contributed by atoms with E-state index >= 15 is 0 Å². The Kier molecular flexibility index (Phi) is 3.66. The Bertz CT molecular complexity index is 571. The first-order valence-electron chi connectivity index (χ1n) is 6.25. The van der Waals surface area contributed by atoms with Crippen LogP contribution in [0, 0.1) is 5.92 Å². The van der Waals surface area contributed by atoms with Crippen molar-refractivity contribution in [1.82, 2.24) is 9.55 Å². The Morgan fingerprint density at radius 1 is 1.33 bits per heavy atom. The number of para-hydroxylation sites is 2. The Morgan fingerprint density at radius 3 is 2.61 bits per heavy atom. The van der Waals surface area contributed by atoms with Gasteiger partial charge in [-0.15, -0.1) is 0 Å². The Hall–Kier alpha value is -1.42. The van der Waals surface area contributed by atoms with Crippen molar-refractivity contribution in [3.63, 3.8) is 0 Å². The molecule has 0 saturated heterocycles. The fourth-order valence-corrected chi connectivity index (χ4v) is 2.17. The first kappa shape index (κ1) is 13.0. The van der Waals surface area contributed by atoms with Crippen molar-refractivity contribution in [2.45, 2.75) is 33.2 Å². The first-order valence-corrected chi connectivity index (χ1v) is 6.66. The Balaban J connectivity index is 2.51. The molecule has 0 radical (unpaired) electrons. The lowest BCUT2D eigenvalue weighted by atomic mass is 10.1. The lowest BCUT2D eigenvalue weighted by Crippen LogP contribution is -2.23. The number of aromatic nitrogens is 2. The van der Waals surface area contributed by atoms with Gasteiger partial charge in [0.15, 0.2) is 0 Å². The van der Waals surface area contributed by atoms with Crippen molar-refractivity contribution in [1.29, 1.82) is 0 Å². The topological polar surface area (TPSA) is 43.8 Å². The number of thiocarbonyl (C=S) groups is 1. The van der Waals surface area contributed by atoms with Crippen molar-refractivity contribution < 1.29 is 0 Å². The van der Waals surface area contributed by atoms with Crippen molar-refractivity contribution in [3.8, 4) is 0 Å². The monoisotopic (exact) mass is 261 g/mol. The zero-order valence-electron chi connectivity index (χ0n) is 11.1. The average Bonchev–Trinajstić information content (AvgIpc) is 2.68. The van der Waals surface area contributed by atoms with Crippen LogP contribution in [0.3, 0.4) is 0 Å². The van der Waals surface area contributed by atoms with Crippen LogP contribution in [0.4, 0.5) is 0 Å². The summed E-state index contributed by atoms with van der Waals surface area (Å²) in [5.74, 6) is 1.66. The summed E-state index contributed by atoms with van der Waals surface area (Å²) in [5.41, 5.74) is 7.92. The summed E-state index contributed by atoms with van der Waals surface area (Å²) in [6, 6.07) is 8.19. The van der Waals surface area contributed by atoms with Crippen molar-refractivity contribution in [3.05, 3.63) is 30.1 Å². The van der Waals surface area contributed by atoms with Crippen molar-refractivity contribution >= 4 is 28.2 Å². The van der Waals surface area contributed by atoms with Gasteiger partial charge in [0, 0.05) is 18.4 Å². The average molecular weight is 261 g/mol. The molecular formula is C14H19N3S. The fraction of sp³-hybridized carbons (Fsp3) is 0.429. The van der Waals surface area contributed by atoms with Gasteiger partial charge in [0.1, 0.15) is 5.82 Å². The third-order valence-corrected chi connectivity index (χ3v) is 3.54. The van der Waals surface area contributed by atoms with Gasteiger partial charge >= 0.3 is 0 Å². The summed E-state index contributed by atoms with van der Waals surface area (Å²) >= 11 is 5.07. The number of rotatable bonds is 4. The highest BCUT2D eigenvalue weighted by molar-refractivity contribution is 7.80. The molecule has 4 heteroatoms. The van der Waals surface area contributed by atoms with Gasteiger partial charge in [-0.2, -0.15) is 0 Å². The second-order valence-corrected chi connectivity index (χ2v) is 5.50. The molecule has 0 aliphatic carbocycles. The summed E-state index contributed by atoms with van der Waals surface area (Å²) in [6.45, 7) is 7.16. The molecule has 2 aromatic rings. The SMILES string of the molecule is CC(Cn1c(C(C)C)nc2ccccc21)C(N)=S. The van der Waals surface area contributed by atoms with E-state index in [1.807, 2.05) is 18.2 Å². The molecular weight excluding hydrogens is 242 g/mol. The molecule has 1 heterocycles. The number of imidazole rings is 1. The Labute approximate surface area is 113 Å². The minimum atomic E-state index is 0.176. The van der Waals surface area contributed by atoms with Crippen molar-refractivity contribution in [2.75, 3.05) is 0 Å². The van der Waals surface area contributed by atoms with Gasteiger partial charge < -0.3 is 10.3 Å². The molecule has 0 bridgehead atoms. The number of nitrogens with zero attached hydrogens (tertiary/aromatic N) is 2. The molecule has 0 aliphatic heterocycles. The zero-order chi connectivity index (χ0) is 13.3. The van der Waals surface area contributed by atoms with Crippen LogP contribution in [0.5, 0.6) is 0 Å². The largest absolute Gasteiger partial charge is 0.393 e. The number of nitrogens with two attached hydrogens (primary N) is 1. The lowest BCUT2D eigenvalue weighted by molar-refractivity contribution is 0.569. The van der Waals surface area contributed by atoms with E-state index in [1.165, 1.54) is 0 Å². The summed E-state index contributed by atoms with van der Waals surface area (Å²) in [5, 5.41) is 0. The van der Waals surface area contributed by atoms with Crippen LogP contribution in [-0.2, 0) is 6.54 Å². The molecule has 0 aliphatic rings. The van der Waals surface area contributed by atoms with E-state index in [0.717, 1.165) is 23.4 Å². The summed E-state index contributed by atoms with van der Waals surface area (Å²) in [7, 11) is 0. The highest BCUT2D eigenvalue weighted by atomic mass is 32.1. The van der Waals surface area contributed by atoms with Crippen LogP contribution in [-0.4, -0.2) is 14.5 Å². The summed E-state index contributed by atoms with van der Waals surface area (Å²) in [6.07, 6.45) is 0. The van der Waals surface area contributed by atoms with E-state index in [1.54, 1.807) is 0 Å². The lowest BCUT2D eigenvalue weighted by Gasteiger charge is -2.15. The Morgan fingerprint density at radius 2 is 2.00 bits per heavy atom. The van der Waals surface area contributed by atoms with E-state index in [2.05, 4.69) is 31.4 Å². The predicted octanol–water partition coefficient (Wildman–Crippen LogP) is 3.08. The molecule has 3 nitrogen and oxygen atoms in total. The predicted molar refractivity (Wildman–Crippen MR) is 79.8 cm³/mol. The zero-order valence-corrected chi connectivity index (χ0v) is 11.9. The standard InChI is InChI=1S/C14H19N3S/c1-9(2)14-16-11-6-4-5-7-12(11)17(14)8-10(3)13(15)18/h4-7,9-10H,8H2,1-3H3,(H2,15,18). The molecule has 2 rings (SSSR count). The van der Waals surface area contributed by atoms with E-state index in [4.69, 9.17) is 22.9 Å². The van der Waals surface area contributed by atoms with Crippen molar-refractivity contribution in [2.24, 2.45) is 11.7 Å². The number of hydrogen-bond donors (Lipinski definition) is 1. The molecule has 1 unspecified atom stereocenters. The van der Waals surface area contributed by atoms with E-state index in [0.29, 0.717) is 10.9 Å². The third kappa shape index (κ3) is 2.38. The molecule has 0 spiro atoms. The molecule has 1 atom stereocenters. The van der Waals surface area contributed by atoms with Gasteiger partial charge in [0.2, 0.25) is 0 Å². The maximum atomic E-state index is 5.72. The molecule has 0 amide bonds. The van der Waals surface area contributed by atoms with Gasteiger partial charge in [0.25, 0.3) is 0 Å². The second kappa shape index (κ2) is 5.06. The smallest absolute Gasteiger partial charge is 0.112 e. The van der Waals surface area contributed by atoms with E-state index in [-0.39, 0.29) is 5.92 Å². The van der Waals surface area contributed by atoms with E-state index in [9.17, 15) is 0 Å². The van der Waals surface area contributed by atoms with Crippen LogP contribution < -0.4 is 5.73 Å². The quantitative estimate of drug-likeness (QED) is 0.860. The highest BCUT2D eigenvalue weighted by Gasteiger charge is 2.16. The van der Waals surface area contributed by atoms with Crippen LogP contribution >= 0.6 is 12.2 Å². The number of benzene rings is 1. The molecule has 0 fully saturated rings. The highest BCUT2D eigenvalue weighted by Crippen LogP contribution is 2.22. The van der Waals surface area contributed by atoms with Gasteiger partial charge in [0.05, 0.1) is 16.0 Å².